The van der Waals surface area contributed by atoms with Crippen LogP contribution >= 0.6 is 0 Å². The Labute approximate surface area is 184 Å². The summed E-state index contributed by atoms with van der Waals surface area (Å²) in [5.74, 6) is 1.53. The molecule has 2 aromatic heterocycles. The van der Waals surface area contributed by atoms with Gasteiger partial charge >= 0.3 is 0 Å². The molecule has 5 aromatic rings. The number of para-hydroxylation sites is 2. The van der Waals surface area contributed by atoms with E-state index in [0.717, 1.165) is 28.1 Å². The molecular weight excluding hydrogens is 400 g/mol. The third kappa shape index (κ3) is 3.09. The molecule has 0 atom stereocenters. The zero-order valence-corrected chi connectivity index (χ0v) is 17.0. The first kappa shape index (κ1) is 18.3. The van der Waals surface area contributed by atoms with Crippen LogP contribution in [0.3, 0.4) is 0 Å². The van der Waals surface area contributed by atoms with Gasteiger partial charge < -0.3 is 10.1 Å². The van der Waals surface area contributed by atoms with Gasteiger partial charge in [0.05, 0.1) is 11.6 Å². The van der Waals surface area contributed by atoms with Gasteiger partial charge in [0.2, 0.25) is 11.7 Å². The Balaban J connectivity index is 1.29. The van der Waals surface area contributed by atoms with Crippen LogP contribution in [0.4, 0.5) is 5.69 Å². The average molecular weight is 418 g/mol. The van der Waals surface area contributed by atoms with Gasteiger partial charge in [-0.05, 0) is 30.3 Å². The minimum Gasteiger partial charge on any atom is -0.457 e. The van der Waals surface area contributed by atoms with Crippen LogP contribution in [0.15, 0.2) is 97.5 Å². The summed E-state index contributed by atoms with van der Waals surface area (Å²) in [5, 5.41) is 3.07. The highest BCUT2D eigenvalue weighted by molar-refractivity contribution is 5.99. The van der Waals surface area contributed by atoms with Gasteiger partial charge in [-0.2, -0.15) is 0 Å². The van der Waals surface area contributed by atoms with Crippen molar-refractivity contribution in [3.05, 3.63) is 109 Å². The number of imidazole rings is 1. The molecule has 0 unspecified atom stereocenters. The first-order chi connectivity index (χ1) is 15.8. The molecule has 1 aliphatic rings. The number of hydrogen-bond acceptors (Lipinski definition) is 4. The van der Waals surface area contributed by atoms with Gasteiger partial charge in [-0.3, -0.25) is 9.20 Å². The average Bonchev–Trinajstić information content (AvgIpc) is 3.27. The second kappa shape index (κ2) is 7.35. The molecule has 6 nitrogen and oxygen atoms in total. The number of nitrogens with one attached hydrogen (secondary N) is 1. The van der Waals surface area contributed by atoms with E-state index in [1.807, 2.05) is 95.7 Å². The number of carbonyl (C=O) groups is 1. The first-order valence-electron chi connectivity index (χ1n) is 10.3. The molecular formula is C26H18N4O2. The summed E-state index contributed by atoms with van der Waals surface area (Å²) < 4.78 is 7.88. The van der Waals surface area contributed by atoms with Gasteiger partial charge in [-0.1, -0.05) is 48.5 Å². The monoisotopic (exact) mass is 418 g/mol. The molecule has 0 saturated carbocycles. The molecule has 0 radical (unpaired) electrons. The molecule has 1 N–H and O–H groups in total. The second-order valence-corrected chi connectivity index (χ2v) is 7.63. The fraction of sp³-hybridized carbons (Fsp3) is 0.0385. The number of anilines is 1. The van der Waals surface area contributed by atoms with E-state index >= 15 is 0 Å². The van der Waals surface area contributed by atoms with Crippen molar-refractivity contribution in [2.75, 3.05) is 5.32 Å². The van der Waals surface area contributed by atoms with Gasteiger partial charge in [-0.25, -0.2) is 9.97 Å². The maximum Gasteiger partial charge on any atom is 0.236 e. The Morgan fingerprint density at radius 2 is 1.56 bits per heavy atom. The fourth-order valence-corrected chi connectivity index (χ4v) is 4.10. The van der Waals surface area contributed by atoms with E-state index in [0.29, 0.717) is 17.3 Å². The standard InChI is InChI=1S/C26H18N4O2/c31-25(24-19-6-1-3-8-22(19)32-23-9-4-2-7-20(23)24)28-18-12-10-17(11-13-18)21-16-30-15-5-14-27-26(30)29-21/h1-16,24H,(H,28,31). The van der Waals surface area contributed by atoms with Crippen molar-refractivity contribution in [1.82, 2.24) is 14.4 Å². The molecule has 6 heteroatoms. The van der Waals surface area contributed by atoms with Crippen molar-refractivity contribution in [3.63, 3.8) is 0 Å². The molecule has 6 rings (SSSR count). The molecule has 3 heterocycles. The molecule has 32 heavy (non-hydrogen) atoms. The Hall–Kier alpha value is -4.45. The Bertz CT molecular complexity index is 1380. The summed E-state index contributed by atoms with van der Waals surface area (Å²) in [6, 6.07) is 24.9. The van der Waals surface area contributed by atoms with Gasteiger partial charge in [0.25, 0.3) is 0 Å². The number of carbonyl (C=O) groups excluding carboxylic acids is 1. The van der Waals surface area contributed by atoms with E-state index in [4.69, 9.17) is 4.74 Å². The molecule has 154 valence electrons. The van der Waals surface area contributed by atoms with Crippen LogP contribution in [0.5, 0.6) is 11.5 Å². The largest absolute Gasteiger partial charge is 0.457 e. The zero-order valence-electron chi connectivity index (χ0n) is 17.0. The zero-order chi connectivity index (χ0) is 21.5. The number of rotatable bonds is 3. The number of benzene rings is 3. The van der Waals surface area contributed by atoms with Gasteiger partial charge in [0.1, 0.15) is 11.5 Å². The quantitative estimate of drug-likeness (QED) is 0.433. The SMILES string of the molecule is O=C(Nc1ccc(-c2cn3cccnc3n2)cc1)C1c2ccccc2Oc2ccccc21. The molecule has 3 aromatic carbocycles. The topological polar surface area (TPSA) is 68.5 Å². The van der Waals surface area contributed by atoms with Crippen LogP contribution in [-0.2, 0) is 4.79 Å². The molecule has 0 spiro atoms. The highest BCUT2D eigenvalue weighted by Crippen LogP contribution is 2.44. The lowest BCUT2D eigenvalue weighted by molar-refractivity contribution is -0.116. The predicted molar refractivity (Wildman–Crippen MR) is 122 cm³/mol. The van der Waals surface area contributed by atoms with Crippen LogP contribution in [0, 0.1) is 0 Å². The number of ether oxygens (including phenoxy) is 1. The predicted octanol–water partition coefficient (Wildman–Crippen LogP) is 5.27. The summed E-state index contributed by atoms with van der Waals surface area (Å²) in [6.45, 7) is 0. The van der Waals surface area contributed by atoms with Crippen LogP contribution in [0.1, 0.15) is 17.0 Å². The molecule has 1 aliphatic heterocycles. The van der Waals surface area contributed by atoms with Gasteiger partial charge in [0, 0.05) is 41.0 Å². The minimum absolute atomic E-state index is 0.0992. The molecule has 0 saturated heterocycles. The van der Waals surface area contributed by atoms with Gasteiger partial charge in [-0.15, -0.1) is 0 Å². The van der Waals surface area contributed by atoms with Crippen LogP contribution in [0.25, 0.3) is 17.0 Å². The third-order valence-corrected chi connectivity index (χ3v) is 5.63. The molecule has 0 bridgehead atoms. The molecule has 1 amide bonds. The number of fused-ring (bicyclic) bond motifs is 3. The maximum atomic E-state index is 13.4. The highest BCUT2D eigenvalue weighted by Gasteiger charge is 2.32. The van der Waals surface area contributed by atoms with E-state index < -0.39 is 5.92 Å². The van der Waals surface area contributed by atoms with Crippen molar-refractivity contribution in [1.29, 1.82) is 0 Å². The van der Waals surface area contributed by atoms with Gasteiger partial charge in [0.15, 0.2) is 0 Å². The normalized spacial score (nSPS) is 12.6. The molecule has 0 fully saturated rings. The maximum absolute atomic E-state index is 13.4. The highest BCUT2D eigenvalue weighted by atomic mass is 16.5. The van der Waals surface area contributed by atoms with E-state index in [-0.39, 0.29) is 5.91 Å². The summed E-state index contributed by atoms with van der Waals surface area (Å²) in [4.78, 5) is 22.2. The van der Waals surface area contributed by atoms with Crippen molar-refractivity contribution in [2.24, 2.45) is 0 Å². The summed E-state index contributed by atoms with van der Waals surface area (Å²) >= 11 is 0. The van der Waals surface area contributed by atoms with Crippen LogP contribution in [-0.4, -0.2) is 20.3 Å². The first-order valence-corrected chi connectivity index (χ1v) is 10.3. The van der Waals surface area contributed by atoms with E-state index in [1.54, 1.807) is 6.20 Å². The molecule has 0 aliphatic carbocycles. The summed E-state index contributed by atoms with van der Waals surface area (Å²) in [6.07, 6.45) is 5.57. The fourth-order valence-electron chi connectivity index (χ4n) is 4.10. The summed E-state index contributed by atoms with van der Waals surface area (Å²) in [5.41, 5.74) is 4.22. The van der Waals surface area contributed by atoms with Crippen molar-refractivity contribution in [3.8, 4) is 22.8 Å². The minimum atomic E-state index is -0.444. The van der Waals surface area contributed by atoms with Crippen LogP contribution in [0.2, 0.25) is 0 Å². The lowest BCUT2D eigenvalue weighted by atomic mass is 9.87. The van der Waals surface area contributed by atoms with E-state index in [9.17, 15) is 4.79 Å². The number of hydrogen-bond donors (Lipinski definition) is 1. The Morgan fingerprint density at radius 3 is 2.25 bits per heavy atom. The Kier molecular flexibility index (Phi) is 4.21. The van der Waals surface area contributed by atoms with Crippen molar-refractivity contribution in [2.45, 2.75) is 5.92 Å². The van der Waals surface area contributed by atoms with E-state index in [2.05, 4.69) is 15.3 Å². The van der Waals surface area contributed by atoms with Crippen molar-refractivity contribution < 1.29 is 9.53 Å². The number of amides is 1. The third-order valence-electron chi connectivity index (χ3n) is 5.63. The second-order valence-electron chi connectivity index (χ2n) is 7.63. The van der Waals surface area contributed by atoms with E-state index in [1.165, 1.54) is 0 Å². The van der Waals surface area contributed by atoms with Crippen molar-refractivity contribution >= 4 is 17.4 Å². The van der Waals surface area contributed by atoms with Crippen LogP contribution < -0.4 is 10.1 Å². The number of aromatic nitrogens is 3. The summed E-state index contributed by atoms with van der Waals surface area (Å²) in [7, 11) is 0. The number of nitrogens with zero attached hydrogens (tertiary/aromatic N) is 3. The Morgan fingerprint density at radius 1 is 0.875 bits per heavy atom. The lowest BCUT2D eigenvalue weighted by Crippen LogP contribution is -2.25. The lowest BCUT2D eigenvalue weighted by Gasteiger charge is -2.27. The smallest absolute Gasteiger partial charge is 0.236 e.